The van der Waals surface area contributed by atoms with Gasteiger partial charge in [0.25, 0.3) is 0 Å². The van der Waals surface area contributed by atoms with Crippen molar-refractivity contribution >= 4 is 27.6 Å². The average Bonchev–Trinajstić information content (AvgIpc) is 2.92. The molecule has 0 N–H and O–H groups in total. The number of sulfonamides is 1. The molecule has 4 aromatic rings. The van der Waals surface area contributed by atoms with Crippen LogP contribution < -0.4 is 0 Å². The van der Waals surface area contributed by atoms with E-state index in [2.05, 4.69) is 9.97 Å². The highest BCUT2D eigenvalue weighted by atomic mass is 35.5. The number of aromatic nitrogens is 2. The third-order valence-corrected chi connectivity index (χ3v) is 7.91. The number of aryl methyl sites for hydroxylation is 1. The summed E-state index contributed by atoms with van der Waals surface area (Å²) >= 11 is 6.00. The van der Waals surface area contributed by atoms with Gasteiger partial charge in [-0.25, -0.2) is 18.4 Å². The molecule has 0 unspecified atom stereocenters. The summed E-state index contributed by atoms with van der Waals surface area (Å²) in [5.41, 5.74) is 4.40. The van der Waals surface area contributed by atoms with Gasteiger partial charge in [0.2, 0.25) is 10.0 Å². The van der Waals surface area contributed by atoms with E-state index >= 15 is 0 Å². The highest BCUT2D eigenvalue weighted by Crippen LogP contribution is 2.25. The molecule has 4 rings (SSSR count). The van der Waals surface area contributed by atoms with Gasteiger partial charge in [-0.1, -0.05) is 60.1 Å². The van der Waals surface area contributed by atoms with E-state index < -0.39 is 10.0 Å². The van der Waals surface area contributed by atoms with Crippen LogP contribution in [-0.2, 0) is 39.1 Å². The Labute approximate surface area is 221 Å². The minimum atomic E-state index is -3.84. The Morgan fingerprint density at radius 3 is 2.19 bits per heavy atom. The summed E-state index contributed by atoms with van der Waals surface area (Å²) in [6, 6.07) is 21.4. The molecule has 7 nitrogen and oxygen atoms in total. The number of carbonyl (C=O) groups is 1. The van der Waals surface area contributed by atoms with Gasteiger partial charge in [0, 0.05) is 42.5 Å². The van der Waals surface area contributed by atoms with Crippen LogP contribution in [-0.4, -0.2) is 35.8 Å². The Morgan fingerprint density at radius 2 is 1.51 bits per heavy atom. The van der Waals surface area contributed by atoms with E-state index in [1.165, 1.54) is 29.9 Å². The number of rotatable bonds is 10. The monoisotopic (exact) mass is 535 g/mol. The second-order valence-electron chi connectivity index (χ2n) is 8.45. The Bertz CT molecular complexity index is 1450. The van der Waals surface area contributed by atoms with Gasteiger partial charge in [0.1, 0.15) is 6.33 Å². The molecule has 1 heterocycles. The maximum absolute atomic E-state index is 13.7. The zero-order valence-electron chi connectivity index (χ0n) is 20.2. The van der Waals surface area contributed by atoms with Crippen LogP contribution in [0.1, 0.15) is 23.1 Å². The first kappa shape index (κ1) is 26.5. The fourth-order valence-corrected chi connectivity index (χ4v) is 5.41. The van der Waals surface area contributed by atoms with Gasteiger partial charge in [-0.2, -0.15) is 4.31 Å². The molecule has 0 bridgehead atoms. The highest BCUT2D eigenvalue weighted by Gasteiger charge is 2.25. The van der Waals surface area contributed by atoms with Gasteiger partial charge in [-0.3, -0.25) is 4.79 Å². The van der Waals surface area contributed by atoms with Gasteiger partial charge in [-0.05, 0) is 52.9 Å². The molecule has 0 atom stereocenters. The standard InChI is InChI=1S/C28H26ClN3O4S/c1-36-28(33)14-7-21-3-2-4-23(15-21)19-32(37(34,35)27-12-10-26(29)11-13-27)18-22-5-8-24(9-6-22)25-16-30-20-31-17-25/h2-6,8-13,15-17,20H,7,14,18-19H2,1H3. The molecule has 0 aliphatic heterocycles. The average molecular weight is 536 g/mol. The second kappa shape index (κ2) is 12.1. The Hall–Kier alpha value is -3.59. The molecule has 0 aliphatic rings. The second-order valence-corrected chi connectivity index (χ2v) is 10.8. The van der Waals surface area contributed by atoms with Crippen LogP contribution in [0.25, 0.3) is 11.1 Å². The number of ether oxygens (including phenoxy) is 1. The van der Waals surface area contributed by atoms with Crippen LogP contribution in [0.5, 0.6) is 0 Å². The molecule has 190 valence electrons. The van der Waals surface area contributed by atoms with Gasteiger partial charge in [0.15, 0.2) is 0 Å². The van der Waals surface area contributed by atoms with E-state index in [0.717, 1.165) is 27.8 Å². The molecule has 0 saturated heterocycles. The maximum atomic E-state index is 13.7. The quantitative estimate of drug-likeness (QED) is 0.256. The maximum Gasteiger partial charge on any atom is 0.305 e. The summed E-state index contributed by atoms with van der Waals surface area (Å²) in [7, 11) is -2.48. The normalized spacial score (nSPS) is 11.4. The van der Waals surface area contributed by atoms with Crippen molar-refractivity contribution in [3.05, 3.63) is 113 Å². The number of hydrogen-bond donors (Lipinski definition) is 0. The van der Waals surface area contributed by atoms with Gasteiger partial charge >= 0.3 is 5.97 Å². The van der Waals surface area contributed by atoms with E-state index in [4.69, 9.17) is 16.3 Å². The Morgan fingerprint density at radius 1 is 0.865 bits per heavy atom. The van der Waals surface area contributed by atoms with Crippen LogP contribution in [0.3, 0.4) is 0 Å². The van der Waals surface area contributed by atoms with E-state index in [9.17, 15) is 13.2 Å². The molecule has 0 aliphatic carbocycles. The molecule has 0 spiro atoms. The molecule has 3 aromatic carbocycles. The van der Waals surface area contributed by atoms with Crippen LogP contribution in [0.2, 0.25) is 5.02 Å². The third-order valence-electron chi connectivity index (χ3n) is 5.85. The molecule has 1 aromatic heterocycles. The lowest BCUT2D eigenvalue weighted by Gasteiger charge is -2.23. The predicted molar refractivity (Wildman–Crippen MR) is 142 cm³/mol. The topological polar surface area (TPSA) is 89.5 Å². The van der Waals surface area contributed by atoms with Crippen LogP contribution >= 0.6 is 11.6 Å². The molecule has 9 heteroatoms. The molecule has 0 amide bonds. The fraction of sp³-hybridized carbons (Fsp3) is 0.179. The van der Waals surface area contributed by atoms with Gasteiger partial charge in [-0.15, -0.1) is 0 Å². The summed E-state index contributed by atoms with van der Waals surface area (Å²) in [5.74, 6) is -0.289. The van der Waals surface area contributed by atoms with Crippen molar-refractivity contribution < 1.29 is 17.9 Å². The predicted octanol–water partition coefficient (Wildman–Crippen LogP) is 5.29. The van der Waals surface area contributed by atoms with Crippen molar-refractivity contribution in [1.29, 1.82) is 0 Å². The summed E-state index contributed by atoms with van der Waals surface area (Å²) in [5, 5.41) is 0.462. The minimum absolute atomic E-state index is 0.158. The summed E-state index contributed by atoms with van der Waals surface area (Å²) < 4.78 is 33.5. The zero-order chi connectivity index (χ0) is 26.3. The smallest absolute Gasteiger partial charge is 0.305 e. The van der Waals surface area contributed by atoms with E-state index in [-0.39, 0.29) is 30.4 Å². The SMILES string of the molecule is COC(=O)CCc1cccc(CN(Cc2ccc(-c3cncnc3)cc2)S(=O)(=O)c2ccc(Cl)cc2)c1. The number of halogens is 1. The summed E-state index contributed by atoms with van der Waals surface area (Å²) in [4.78, 5) is 19.8. The van der Waals surface area contributed by atoms with Crippen molar-refractivity contribution in [2.24, 2.45) is 0 Å². The number of esters is 1. The fourth-order valence-electron chi connectivity index (χ4n) is 3.87. The van der Waals surface area contributed by atoms with E-state index in [0.29, 0.717) is 11.4 Å². The van der Waals surface area contributed by atoms with Crippen LogP contribution in [0.15, 0.2) is 96.4 Å². The lowest BCUT2D eigenvalue weighted by atomic mass is 10.1. The summed E-state index contributed by atoms with van der Waals surface area (Å²) in [6.07, 6.45) is 5.70. The lowest BCUT2D eigenvalue weighted by Crippen LogP contribution is -2.30. The number of hydrogen-bond acceptors (Lipinski definition) is 6. The molecule has 37 heavy (non-hydrogen) atoms. The molecule has 0 fully saturated rings. The first-order chi connectivity index (χ1) is 17.8. The van der Waals surface area contributed by atoms with Crippen molar-refractivity contribution in [2.75, 3.05) is 7.11 Å². The largest absolute Gasteiger partial charge is 0.469 e. The van der Waals surface area contributed by atoms with Gasteiger partial charge in [0.05, 0.1) is 12.0 Å². The Balaban J connectivity index is 1.61. The molecule has 0 saturated carbocycles. The molecular weight excluding hydrogens is 510 g/mol. The Kier molecular flexibility index (Phi) is 8.66. The van der Waals surface area contributed by atoms with Gasteiger partial charge < -0.3 is 4.74 Å². The number of benzene rings is 3. The van der Waals surface area contributed by atoms with E-state index in [1.807, 2.05) is 48.5 Å². The summed E-state index contributed by atoms with van der Waals surface area (Å²) in [6.45, 7) is 0.328. The number of carbonyl (C=O) groups excluding carboxylic acids is 1. The first-order valence-corrected chi connectivity index (χ1v) is 13.4. The minimum Gasteiger partial charge on any atom is -0.469 e. The van der Waals surface area contributed by atoms with Crippen LogP contribution in [0, 0.1) is 0 Å². The third kappa shape index (κ3) is 7.01. The number of methoxy groups -OCH3 is 1. The van der Waals surface area contributed by atoms with Crippen molar-refractivity contribution in [2.45, 2.75) is 30.8 Å². The molecule has 0 radical (unpaired) electrons. The number of nitrogens with zero attached hydrogens (tertiary/aromatic N) is 3. The van der Waals surface area contributed by atoms with E-state index in [1.54, 1.807) is 24.5 Å². The first-order valence-electron chi connectivity index (χ1n) is 11.6. The van der Waals surface area contributed by atoms with Crippen molar-refractivity contribution in [1.82, 2.24) is 14.3 Å². The zero-order valence-corrected chi connectivity index (χ0v) is 21.8. The lowest BCUT2D eigenvalue weighted by molar-refractivity contribution is -0.140. The molecular formula is C28H26ClN3O4S. The highest BCUT2D eigenvalue weighted by molar-refractivity contribution is 7.89. The van der Waals surface area contributed by atoms with Crippen LogP contribution in [0.4, 0.5) is 0 Å². The van der Waals surface area contributed by atoms with Crippen molar-refractivity contribution in [3.8, 4) is 11.1 Å². The van der Waals surface area contributed by atoms with Crippen molar-refractivity contribution in [3.63, 3.8) is 0 Å².